The first-order valence-corrected chi connectivity index (χ1v) is 21.4. The summed E-state index contributed by atoms with van der Waals surface area (Å²) in [5.74, 6) is -1.11. The number of ether oxygens (including phenoxy) is 12. The summed E-state index contributed by atoms with van der Waals surface area (Å²) in [7, 11) is 0. The maximum atomic E-state index is 11.4. The van der Waals surface area contributed by atoms with Crippen molar-refractivity contribution in [1.82, 2.24) is 0 Å². The number of hydrogen-bond acceptors (Lipinski definition) is 29. The zero-order valence-electron chi connectivity index (χ0n) is 35.1. The normalized spacial score (nSPS) is 55.4. The van der Waals surface area contributed by atoms with E-state index in [0.29, 0.717) is 0 Å². The standard InChI is InChI=1S/C37H62O29/c1-8-15(44)32-55-9(2-38)26(8)61-33-21(50)16(45)28(11(4-40)56-33)63-35-23(52)18(47)30(13(6-42)58-35)65-37-25(54)20(49)31(14(7-43)60-37)66-36-24(53)19(48)29(12(5-41)59-36)64-34-22(51)17(46)27(62-32)10(3-39)57-34/h8-54H,2-7H2,1H3/t8-,9-,10-,11-,12-,13-,14-,15-,16-,17-,18-,19-,20-,21-,22?,23-,24-,25-,26?,27-,28-,29-,30?,31?,32?,33?,34?,35?,36?,37?/m1/s1. The molecule has 17 N–H and O–H groups in total. The largest absolute Gasteiger partial charge is 0.394 e. The van der Waals surface area contributed by atoms with Crippen LogP contribution in [0.4, 0.5) is 0 Å². The monoisotopic (exact) mass is 970 g/mol. The second-order valence-corrected chi connectivity index (χ2v) is 17.2. The molecule has 29 heteroatoms. The quantitative estimate of drug-likeness (QED) is 0.117. The molecule has 29 nitrogen and oxygen atoms in total. The third-order valence-corrected chi connectivity index (χ3v) is 13.0. The van der Waals surface area contributed by atoms with Crippen LogP contribution >= 0.6 is 0 Å². The number of aliphatic hydroxyl groups is 17. The van der Waals surface area contributed by atoms with Gasteiger partial charge in [-0.2, -0.15) is 0 Å². The van der Waals surface area contributed by atoms with Crippen molar-refractivity contribution < 1.29 is 144 Å². The van der Waals surface area contributed by atoms with Crippen molar-refractivity contribution >= 4 is 0 Å². The Bertz CT molecular complexity index is 1230. The number of rotatable bonds is 6. The highest BCUT2D eigenvalue weighted by atomic mass is 16.8. The summed E-state index contributed by atoms with van der Waals surface area (Å²) in [5, 5.41) is 185. The molecule has 22 aliphatic heterocycles. The van der Waals surface area contributed by atoms with E-state index < -0.39 is 224 Å². The fourth-order valence-corrected chi connectivity index (χ4v) is 9.18. The van der Waals surface area contributed by atoms with Crippen molar-refractivity contribution in [3.05, 3.63) is 0 Å². The topological polar surface area (TPSA) is 455 Å². The van der Waals surface area contributed by atoms with E-state index in [9.17, 15) is 86.8 Å². The van der Waals surface area contributed by atoms with Gasteiger partial charge in [0.15, 0.2) is 37.7 Å². The summed E-state index contributed by atoms with van der Waals surface area (Å²) >= 11 is 0. The maximum Gasteiger partial charge on any atom is 0.187 e. The van der Waals surface area contributed by atoms with E-state index in [-0.39, 0.29) is 0 Å². The molecule has 22 aliphatic rings. The van der Waals surface area contributed by atoms with Gasteiger partial charge in [0.25, 0.3) is 0 Å². The van der Waals surface area contributed by atoms with Gasteiger partial charge in [0.2, 0.25) is 0 Å². The van der Waals surface area contributed by atoms with Crippen molar-refractivity contribution in [2.75, 3.05) is 39.6 Å². The van der Waals surface area contributed by atoms with Crippen LogP contribution < -0.4 is 0 Å². The molecule has 0 spiro atoms. The Balaban J connectivity index is 1.19. The van der Waals surface area contributed by atoms with Gasteiger partial charge in [0, 0.05) is 5.92 Å². The Hall–Kier alpha value is -1.16. The first kappa shape index (κ1) is 52.7. The van der Waals surface area contributed by atoms with Crippen molar-refractivity contribution in [1.29, 1.82) is 0 Å². The molecule has 12 bridgehead atoms. The minimum Gasteiger partial charge on any atom is -0.394 e. The van der Waals surface area contributed by atoms with Crippen LogP contribution in [0, 0.1) is 5.92 Å². The van der Waals surface area contributed by atoms with Crippen LogP contribution in [0.3, 0.4) is 0 Å². The summed E-state index contributed by atoms with van der Waals surface area (Å²) in [6.07, 6.45) is -53.7. The molecular formula is C37H62O29. The minimum absolute atomic E-state index is 0.839. The summed E-state index contributed by atoms with van der Waals surface area (Å²) in [6.45, 7) is -4.24. The Labute approximate surface area is 374 Å². The summed E-state index contributed by atoms with van der Waals surface area (Å²) in [5.41, 5.74) is 0. The Morgan fingerprint density at radius 1 is 0.227 bits per heavy atom. The second-order valence-electron chi connectivity index (χ2n) is 17.2. The van der Waals surface area contributed by atoms with Gasteiger partial charge in [0.05, 0.1) is 45.7 Å². The first-order valence-electron chi connectivity index (χ1n) is 21.4. The molecular weight excluding hydrogens is 908 g/mol. The SMILES string of the molecule is C[C@H]1C2OC3O[C@H](CO)[C@@H](OC4O[C@H](CO)C(OC5O[C@H](CO)C(OC6O[C@H](CO)[C@@H](OC7O[C@H](CO)[C@@H](OC(O[C@@H]2CO)[C@@H]1O)[C@H](O)C7O)[C@H](O)[C@H]6O)[C@H](O)[C@H]5O)[C@H](O)[C@H]4O)[C@H](O)[C@H]3O. The molecule has 0 aromatic carbocycles. The predicted octanol–water partition coefficient (Wildman–Crippen LogP) is -11.8. The fraction of sp³-hybridized carbons (Fsp3) is 1.00. The number of hydrogen-bond donors (Lipinski definition) is 17. The summed E-state index contributed by atoms with van der Waals surface area (Å²) in [6, 6.07) is 0. The average Bonchev–Trinajstić information content (AvgIpc) is 3.31. The molecule has 22 saturated heterocycles. The summed E-state index contributed by atoms with van der Waals surface area (Å²) in [4.78, 5) is 0. The Morgan fingerprint density at radius 3 is 0.591 bits per heavy atom. The van der Waals surface area contributed by atoms with Gasteiger partial charge >= 0.3 is 0 Å². The third kappa shape index (κ3) is 10.0. The lowest BCUT2D eigenvalue weighted by Crippen LogP contribution is -2.68. The molecule has 0 aromatic heterocycles. The van der Waals surface area contributed by atoms with Crippen LogP contribution in [-0.4, -0.2) is 305 Å². The fourth-order valence-electron chi connectivity index (χ4n) is 9.18. The lowest BCUT2D eigenvalue weighted by atomic mass is 9.89. The molecule has 10 unspecified atom stereocenters. The molecule has 0 aliphatic carbocycles. The molecule has 30 atom stereocenters. The highest BCUT2D eigenvalue weighted by molar-refractivity contribution is 5.00. The van der Waals surface area contributed by atoms with Crippen LogP contribution in [0.1, 0.15) is 6.92 Å². The maximum absolute atomic E-state index is 11.4. The molecule has 22 heterocycles. The molecule has 0 radical (unpaired) electrons. The highest BCUT2D eigenvalue weighted by Gasteiger charge is 2.58. The minimum atomic E-state index is -2.13. The lowest BCUT2D eigenvalue weighted by molar-refractivity contribution is -0.402. The highest BCUT2D eigenvalue weighted by Crippen LogP contribution is 2.39. The second kappa shape index (κ2) is 22.1. The van der Waals surface area contributed by atoms with Crippen LogP contribution in [0.2, 0.25) is 0 Å². The lowest BCUT2D eigenvalue weighted by Gasteiger charge is -2.51. The van der Waals surface area contributed by atoms with Gasteiger partial charge < -0.3 is 144 Å². The zero-order valence-corrected chi connectivity index (χ0v) is 35.1. The van der Waals surface area contributed by atoms with E-state index in [1.807, 2.05) is 0 Å². The van der Waals surface area contributed by atoms with Gasteiger partial charge in [-0.1, -0.05) is 6.92 Å². The molecule has 0 saturated carbocycles. The van der Waals surface area contributed by atoms with Gasteiger partial charge in [-0.15, -0.1) is 0 Å². The van der Waals surface area contributed by atoms with E-state index in [2.05, 4.69) is 0 Å². The van der Waals surface area contributed by atoms with Crippen LogP contribution in [-0.2, 0) is 56.8 Å². The summed E-state index contributed by atoms with van der Waals surface area (Å²) < 4.78 is 68.8. The molecule has 66 heavy (non-hydrogen) atoms. The van der Waals surface area contributed by atoms with E-state index >= 15 is 0 Å². The van der Waals surface area contributed by atoms with Gasteiger partial charge in [-0.25, -0.2) is 0 Å². The zero-order chi connectivity index (χ0) is 48.0. The van der Waals surface area contributed by atoms with Crippen LogP contribution in [0.5, 0.6) is 0 Å². The Morgan fingerprint density at radius 2 is 0.394 bits per heavy atom. The Kier molecular flexibility index (Phi) is 17.6. The molecule has 384 valence electrons. The average molecular weight is 971 g/mol. The van der Waals surface area contributed by atoms with Crippen molar-refractivity contribution in [3.63, 3.8) is 0 Å². The van der Waals surface area contributed by atoms with Crippen LogP contribution in [0.25, 0.3) is 0 Å². The van der Waals surface area contributed by atoms with E-state index in [1.165, 1.54) is 6.92 Å². The predicted molar refractivity (Wildman–Crippen MR) is 199 cm³/mol. The van der Waals surface area contributed by atoms with E-state index in [0.717, 1.165) is 0 Å². The molecule has 0 amide bonds. The molecule has 22 rings (SSSR count). The van der Waals surface area contributed by atoms with E-state index in [1.54, 1.807) is 0 Å². The van der Waals surface area contributed by atoms with Gasteiger partial charge in [-0.3, -0.25) is 0 Å². The third-order valence-electron chi connectivity index (χ3n) is 13.0. The van der Waals surface area contributed by atoms with Gasteiger partial charge in [-0.05, 0) is 0 Å². The van der Waals surface area contributed by atoms with Gasteiger partial charge in [0.1, 0.15) is 134 Å². The molecule has 0 aromatic rings. The van der Waals surface area contributed by atoms with Crippen molar-refractivity contribution in [2.45, 2.75) is 185 Å². The van der Waals surface area contributed by atoms with Crippen molar-refractivity contribution in [2.24, 2.45) is 5.92 Å². The number of aliphatic hydroxyl groups excluding tert-OH is 17. The van der Waals surface area contributed by atoms with Crippen molar-refractivity contribution in [3.8, 4) is 0 Å². The van der Waals surface area contributed by atoms with Crippen LogP contribution in [0.15, 0.2) is 0 Å². The first-order chi connectivity index (χ1) is 31.4. The molecule has 22 fully saturated rings. The smallest absolute Gasteiger partial charge is 0.187 e. The van der Waals surface area contributed by atoms with E-state index in [4.69, 9.17) is 56.8 Å².